The molecule has 0 amide bonds. The van der Waals surface area contributed by atoms with Gasteiger partial charge in [-0.2, -0.15) is 0 Å². The molecule has 2 rings (SSSR count). The van der Waals surface area contributed by atoms with Crippen LogP contribution in [-0.4, -0.2) is 31.1 Å². The van der Waals surface area contributed by atoms with Gasteiger partial charge in [-0.05, 0) is 54.9 Å². The van der Waals surface area contributed by atoms with Gasteiger partial charge in [-0.15, -0.1) is 0 Å². The second-order valence-electron chi connectivity index (χ2n) is 5.24. The first-order chi connectivity index (χ1) is 8.42. The van der Waals surface area contributed by atoms with Gasteiger partial charge in [0.15, 0.2) is 5.78 Å². The zero-order valence-corrected chi connectivity index (χ0v) is 12.6. The fourth-order valence-corrected chi connectivity index (χ4v) is 2.84. The maximum atomic E-state index is 11.4. The molecule has 1 heterocycles. The van der Waals surface area contributed by atoms with Crippen molar-refractivity contribution in [3.63, 3.8) is 0 Å². The van der Waals surface area contributed by atoms with Crippen LogP contribution in [-0.2, 0) is 4.74 Å². The fraction of sp³-hybridized carbons (Fsp3) is 0.500. The zero-order valence-electron chi connectivity index (χ0n) is 11.0. The average molecular weight is 312 g/mol. The molecule has 1 aliphatic rings. The van der Waals surface area contributed by atoms with Crippen LogP contribution in [0.3, 0.4) is 0 Å². The minimum absolute atomic E-state index is 0.0293. The molecule has 0 radical (unpaired) electrons. The van der Waals surface area contributed by atoms with Crippen LogP contribution in [0, 0.1) is 0 Å². The number of ether oxygens (including phenoxy) is 1. The van der Waals surface area contributed by atoms with Crippen molar-refractivity contribution < 1.29 is 9.53 Å². The van der Waals surface area contributed by atoms with Crippen molar-refractivity contribution in [2.75, 3.05) is 24.7 Å². The second-order valence-corrected chi connectivity index (χ2v) is 6.09. The molecule has 98 valence electrons. The third-order valence-corrected chi connectivity index (χ3v) is 3.93. The first kappa shape index (κ1) is 13.6. The molecule has 4 heteroatoms. The van der Waals surface area contributed by atoms with Crippen LogP contribution in [0.5, 0.6) is 0 Å². The lowest BCUT2D eigenvalue weighted by Crippen LogP contribution is -2.53. The third-order valence-electron chi connectivity index (χ3n) is 3.29. The largest absolute Gasteiger partial charge is 0.377 e. The van der Waals surface area contributed by atoms with Gasteiger partial charge in [-0.1, -0.05) is 0 Å². The highest BCUT2D eigenvalue weighted by atomic mass is 79.9. The number of carbonyl (C=O) groups excluding carboxylic acids is 1. The number of carbonyl (C=O) groups is 1. The lowest BCUT2D eigenvalue weighted by Gasteiger charge is -2.44. The molecule has 0 bridgehead atoms. The molecule has 1 saturated heterocycles. The van der Waals surface area contributed by atoms with Crippen LogP contribution in [0.4, 0.5) is 5.69 Å². The number of hydrogen-bond acceptors (Lipinski definition) is 3. The van der Waals surface area contributed by atoms with E-state index >= 15 is 0 Å². The highest BCUT2D eigenvalue weighted by Gasteiger charge is 2.31. The molecule has 1 aromatic rings. The quantitative estimate of drug-likeness (QED) is 0.785. The summed E-state index contributed by atoms with van der Waals surface area (Å²) in [5, 5.41) is 0. The zero-order chi connectivity index (χ0) is 13.3. The molecule has 0 aliphatic carbocycles. The highest BCUT2D eigenvalue weighted by molar-refractivity contribution is 9.10. The Kier molecular flexibility index (Phi) is 3.78. The molecule has 18 heavy (non-hydrogen) atoms. The SMILES string of the molecule is CC(=O)c1ccc(N2CCOCC2(C)C)c(Br)c1. The molecule has 0 N–H and O–H groups in total. The summed E-state index contributed by atoms with van der Waals surface area (Å²) in [6.45, 7) is 8.23. The topological polar surface area (TPSA) is 29.5 Å². The van der Waals surface area contributed by atoms with Crippen molar-refractivity contribution in [3.8, 4) is 0 Å². The Morgan fingerprint density at radius 1 is 1.44 bits per heavy atom. The summed E-state index contributed by atoms with van der Waals surface area (Å²) in [4.78, 5) is 13.7. The number of nitrogens with zero attached hydrogens (tertiary/aromatic N) is 1. The number of anilines is 1. The summed E-state index contributed by atoms with van der Waals surface area (Å²) >= 11 is 3.57. The molecular weight excluding hydrogens is 294 g/mol. The average Bonchev–Trinajstić information content (AvgIpc) is 2.29. The van der Waals surface area contributed by atoms with Crippen LogP contribution in [0.1, 0.15) is 31.1 Å². The van der Waals surface area contributed by atoms with Gasteiger partial charge in [0.05, 0.1) is 24.4 Å². The number of Topliss-reactive ketones (excluding diaryl/α,β-unsaturated/α-hetero) is 1. The van der Waals surface area contributed by atoms with Crippen LogP contribution in [0.25, 0.3) is 0 Å². The molecule has 0 saturated carbocycles. The molecule has 1 aliphatic heterocycles. The Balaban J connectivity index is 2.36. The Labute approximate surface area is 116 Å². The second kappa shape index (κ2) is 5.02. The number of rotatable bonds is 2. The number of hydrogen-bond donors (Lipinski definition) is 0. The Bertz CT molecular complexity index is 471. The summed E-state index contributed by atoms with van der Waals surface area (Å²) in [5.74, 6) is 0.0866. The van der Waals surface area contributed by atoms with E-state index in [0.717, 1.165) is 28.9 Å². The summed E-state index contributed by atoms with van der Waals surface area (Å²) < 4.78 is 6.49. The summed E-state index contributed by atoms with van der Waals surface area (Å²) in [7, 11) is 0. The smallest absolute Gasteiger partial charge is 0.159 e. The molecule has 0 aromatic heterocycles. The van der Waals surface area contributed by atoms with Gasteiger partial charge in [0.2, 0.25) is 0 Å². The minimum atomic E-state index is -0.0293. The molecule has 1 aromatic carbocycles. The van der Waals surface area contributed by atoms with E-state index in [2.05, 4.69) is 34.7 Å². The van der Waals surface area contributed by atoms with Crippen LogP contribution >= 0.6 is 15.9 Å². The van der Waals surface area contributed by atoms with E-state index in [-0.39, 0.29) is 11.3 Å². The number of morpholine rings is 1. The van der Waals surface area contributed by atoms with Gasteiger partial charge < -0.3 is 9.64 Å². The first-order valence-electron chi connectivity index (χ1n) is 6.08. The normalized spacial score (nSPS) is 18.8. The number of benzene rings is 1. The summed E-state index contributed by atoms with van der Waals surface area (Å²) in [5.41, 5.74) is 1.82. The van der Waals surface area contributed by atoms with Gasteiger partial charge in [-0.3, -0.25) is 4.79 Å². The lowest BCUT2D eigenvalue weighted by molar-refractivity contribution is 0.0643. The van der Waals surface area contributed by atoms with E-state index in [9.17, 15) is 4.79 Å². The maximum Gasteiger partial charge on any atom is 0.159 e. The van der Waals surface area contributed by atoms with E-state index < -0.39 is 0 Å². The molecule has 0 spiro atoms. The van der Waals surface area contributed by atoms with Gasteiger partial charge >= 0.3 is 0 Å². The van der Waals surface area contributed by atoms with Crippen LogP contribution in [0.15, 0.2) is 22.7 Å². The highest BCUT2D eigenvalue weighted by Crippen LogP contribution is 2.33. The fourth-order valence-electron chi connectivity index (χ4n) is 2.25. The predicted octanol–water partition coefficient (Wildman–Crippen LogP) is 3.27. The van der Waals surface area contributed by atoms with Crippen molar-refractivity contribution in [1.82, 2.24) is 0 Å². The standard InChI is InChI=1S/C14H18BrNO2/c1-10(17)11-4-5-13(12(15)8-11)16-6-7-18-9-14(16,2)3/h4-5,8H,6-7,9H2,1-3H3. The van der Waals surface area contributed by atoms with Gasteiger partial charge in [0.1, 0.15) is 0 Å². The van der Waals surface area contributed by atoms with Gasteiger partial charge in [0, 0.05) is 16.6 Å². The molecule has 3 nitrogen and oxygen atoms in total. The van der Waals surface area contributed by atoms with E-state index in [1.807, 2.05) is 18.2 Å². The summed E-state index contributed by atoms with van der Waals surface area (Å²) in [6, 6.07) is 5.78. The van der Waals surface area contributed by atoms with Crippen LogP contribution < -0.4 is 4.90 Å². The van der Waals surface area contributed by atoms with Gasteiger partial charge in [0.25, 0.3) is 0 Å². The lowest BCUT2D eigenvalue weighted by atomic mass is 10.0. The van der Waals surface area contributed by atoms with Crippen molar-refractivity contribution in [3.05, 3.63) is 28.2 Å². The Morgan fingerprint density at radius 3 is 2.72 bits per heavy atom. The number of ketones is 1. The van der Waals surface area contributed by atoms with Crippen molar-refractivity contribution in [1.29, 1.82) is 0 Å². The molecule has 1 fully saturated rings. The monoisotopic (exact) mass is 311 g/mol. The minimum Gasteiger partial charge on any atom is -0.377 e. The van der Waals surface area contributed by atoms with Crippen molar-refractivity contribution in [2.45, 2.75) is 26.3 Å². The third kappa shape index (κ3) is 2.59. The van der Waals surface area contributed by atoms with E-state index in [1.54, 1.807) is 6.92 Å². The van der Waals surface area contributed by atoms with Crippen molar-refractivity contribution in [2.24, 2.45) is 0 Å². The first-order valence-corrected chi connectivity index (χ1v) is 6.87. The molecular formula is C14H18BrNO2. The Morgan fingerprint density at radius 2 is 2.17 bits per heavy atom. The molecule has 0 unspecified atom stereocenters. The van der Waals surface area contributed by atoms with Crippen LogP contribution in [0.2, 0.25) is 0 Å². The van der Waals surface area contributed by atoms with Crippen molar-refractivity contribution >= 4 is 27.4 Å². The molecule has 0 atom stereocenters. The van der Waals surface area contributed by atoms with E-state index in [4.69, 9.17) is 4.74 Å². The summed E-state index contributed by atoms with van der Waals surface area (Å²) in [6.07, 6.45) is 0. The van der Waals surface area contributed by atoms with E-state index in [0.29, 0.717) is 6.61 Å². The number of halogens is 1. The predicted molar refractivity (Wildman–Crippen MR) is 76.4 cm³/mol. The Hall–Kier alpha value is -0.870. The maximum absolute atomic E-state index is 11.4. The van der Waals surface area contributed by atoms with E-state index in [1.165, 1.54) is 0 Å². The van der Waals surface area contributed by atoms with Gasteiger partial charge in [-0.25, -0.2) is 0 Å².